The second-order valence-electron chi connectivity index (χ2n) is 7.68. The molecule has 6 heteroatoms. The van der Waals surface area contributed by atoms with Crippen LogP contribution in [-0.2, 0) is 23.1 Å². The predicted molar refractivity (Wildman–Crippen MR) is 106 cm³/mol. The van der Waals surface area contributed by atoms with Crippen molar-refractivity contribution in [3.8, 4) is 0 Å². The van der Waals surface area contributed by atoms with E-state index in [-0.39, 0.29) is 24.2 Å². The van der Waals surface area contributed by atoms with Gasteiger partial charge < -0.3 is 9.80 Å². The molecular weight excluding hydrogens is 340 g/mol. The standard InChI is InChI=1S/C21H28N4O2/c1-15(2)17-5-7-19(8-6-17)25-14-18(11-20(25)26)21(27)23(3)10-9-16-12-22-24(4)13-16/h5-8,12-13,15,18H,9-11,14H2,1-4H3/t18-/m0/s1. The molecule has 0 bridgehead atoms. The Morgan fingerprint density at radius 1 is 1.30 bits per heavy atom. The molecule has 2 heterocycles. The van der Waals surface area contributed by atoms with Crippen molar-refractivity contribution in [2.75, 3.05) is 25.0 Å². The lowest BCUT2D eigenvalue weighted by Crippen LogP contribution is -2.35. The van der Waals surface area contributed by atoms with Crippen LogP contribution in [0.5, 0.6) is 0 Å². The average Bonchev–Trinajstić information content (AvgIpc) is 3.24. The number of rotatable bonds is 6. The molecule has 27 heavy (non-hydrogen) atoms. The van der Waals surface area contributed by atoms with Crippen molar-refractivity contribution in [2.45, 2.75) is 32.6 Å². The van der Waals surface area contributed by atoms with E-state index in [9.17, 15) is 9.59 Å². The lowest BCUT2D eigenvalue weighted by Gasteiger charge is -2.21. The molecule has 0 saturated carbocycles. The number of aryl methyl sites for hydroxylation is 1. The number of anilines is 1. The summed E-state index contributed by atoms with van der Waals surface area (Å²) in [6.45, 7) is 5.37. The highest BCUT2D eigenvalue weighted by Gasteiger charge is 2.36. The lowest BCUT2D eigenvalue weighted by molar-refractivity contribution is -0.134. The van der Waals surface area contributed by atoms with Gasteiger partial charge in [0.25, 0.3) is 0 Å². The fourth-order valence-electron chi connectivity index (χ4n) is 3.48. The quantitative estimate of drug-likeness (QED) is 0.787. The molecule has 3 rings (SSSR count). The zero-order valence-corrected chi connectivity index (χ0v) is 16.6. The molecule has 144 valence electrons. The number of hydrogen-bond acceptors (Lipinski definition) is 3. The van der Waals surface area contributed by atoms with E-state index in [0.717, 1.165) is 17.7 Å². The van der Waals surface area contributed by atoms with Gasteiger partial charge in [-0.15, -0.1) is 0 Å². The van der Waals surface area contributed by atoms with Gasteiger partial charge in [0.2, 0.25) is 11.8 Å². The number of likely N-dealkylation sites (N-methyl/N-ethyl adjacent to an activating group) is 1. The highest BCUT2D eigenvalue weighted by molar-refractivity contribution is 6.00. The molecule has 1 saturated heterocycles. The maximum atomic E-state index is 12.8. The molecule has 1 aromatic heterocycles. The molecule has 0 spiro atoms. The third kappa shape index (κ3) is 4.38. The van der Waals surface area contributed by atoms with Crippen molar-refractivity contribution >= 4 is 17.5 Å². The first-order chi connectivity index (χ1) is 12.8. The molecule has 1 aliphatic rings. The van der Waals surface area contributed by atoms with E-state index < -0.39 is 0 Å². The fourth-order valence-corrected chi connectivity index (χ4v) is 3.48. The van der Waals surface area contributed by atoms with Gasteiger partial charge in [0.1, 0.15) is 0 Å². The Labute approximate surface area is 160 Å². The number of hydrogen-bond donors (Lipinski definition) is 0. The van der Waals surface area contributed by atoms with E-state index >= 15 is 0 Å². The van der Waals surface area contributed by atoms with Gasteiger partial charge in [0, 0.05) is 45.5 Å². The van der Waals surface area contributed by atoms with Crippen LogP contribution in [0.25, 0.3) is 0 Å². The summed E-state index contributed by atoms with van der Waals surface area (Å²) in [5.74, 6) is 0.233. The summed E-state index contributed by atoms with van der Waals surface area (Å²) in [5, 5.41) is 4.15. The monoisotopic (exact) mass is 368 g/mol. The molecule has 6 nitrogen and oxygen atoms in total. The number of benzene rings is 1. The summed E-state index contributed by atoms with van der Waals surface area (Å²) >= 11 is 0. The first-order valence-corrected chi connectivity index (χ1v) is 9.48. The van der Waals surface area contributed by atoms with Crippen molar-refractivity contribution in [2.24, 2.45) is 13.0 Å². The van der Waals surface area contributed by atoms with Gasteiger partial charge in [0.15, 0.2) is 0 Å². The second kappa shape index (κ2) is 7.94. The Morgan fingerprint density at radius 3 is 2.59 bits per heavy atom. The Bertz CT molecular complexity index is 810. The van der Waals surface area contributed by atoms with Crippen LogP contribution in [0.15, 0.2) is 36.7 Å². The Hall–Kier alpha value is -2.63. The third-order valence-corrected chi connectivity index (χ3v) is 5.22. The Kier molecular flexibility index (Phi) is 5.63. The number of amides is 2. The fraction of sp³-hybridized carbons (Fsp3) is 0.476. The minimum atomic E-state index is -0.277. The van der Waals surface area contributed by atoms with E-state index in [0.29, 0.717) is 19.0 Å². The minimum Gasteiger partial charge on any atom is -0.345 e. The largest absolute Gasteiger partial charge is 0.345 e. The van der Waals surface area contributed by atoms with Crippen LogP contribution in [-0.4, -0.2) is 46.6 Å². The third-order valence-electron chi connectivity index (χ3n) is 5.22. The molecule has 0 unspecified atom stereocenters. The van der Waals surface area contributed by atoms with Crippen LogP contribution in [0, 0.1) is 5.92 Å². The van der Waals surface area contributed by atoms with Crippen molar-refractivity contribution in [3.05, 3.63) is 47.8 Å². The molecule has 0 N–H and O–H groups in total. The van der Waals surface area contributed by atoms with E-state index in [1.54, 1.807) is 14.5 Å². The predicted octanol–water partition coefficient (Wildman–Crippen LogP) is 2.60. The molecule has 0 aliphatic carbocycles. The minimum absolute atomic E-state index is 0.0197. The summed E-state index contributed by atoms with van der Waals surface area (Å²) < 4.78 is 1.76. The van der Waals surface area contributed by atoms with Gasteiger partial charge in [-0.25, -0.2) is 0 Å². The average molecular weight is 368 g/mol. The molecule has 2 aromatic rings. The van der Waals surface area contributed by atoms with Gasteiger partial charge in [-0.3, -0.25) is 14.3 Å². The second-order valence-corrected chi connectivity index (χ2v) is 7.68. The maximum absolute atomic E-state index is 12.8. The molecule has 2 amide bonds. The molecular formula is C21H28N4O2. The van der Waals surface area contributed by atoms with Crippen LogP contribution < -0.4 is 4.90 Å². The Morgan fingerprint density at radius 2 is 2.00 bits per heavy atom. The van der Waals surface area contributed by atoms with Gasteiger partial charge in [-0.2, -0.15) is 5.10 Å². The first-order valence-electron chi connectivity index (χ1n) is 9.48. The van der Waals surface area contributed by atoms with Gasteiger partial charge in [-0.1, -0.05) is 26.0 Å². The summed E-state index contributed by atoms with van der Waals surface area (Å²) in [6, 6.07) is 8.07. The number of nitrogens with zero attached hydrogens (tertiary/aromatic N) is 4. The normalized spacial score (nSPS) is 17.0. The zero-order chi connectivity index (χ0) is 19.6. The molecule has 1 atom stereocenters. The number of carbonyl (C=O) groups excluding carboxylic acids is 2. The molecule has 1 fully saturated rings. The van der Waals surface area contributed by atoms with E-state index in [4.69, 9.17) is 0 Å². The van der Waals surface area contributed by atoms with Crippen LogP contribution in [0.3, 0.4) is 0 Å². The summed E-state index contributed by atoms with van der Waals surface area (Å²) in [6.07, 6.45) is 4.82. The van der Waals surface area contributed by atoms with Crippen molar-refractivity contribution < 1.29 is 9.59 Å². The van der Waals surface area contributed by atoms with E-state index in [1.165, 1.54) is 5.56 Å². The highest BCUT2D eigenvalue weighted by Crippen LogP contribution is 2.27. The van der Waals surface area contributed by atoms with Crippen LogP contribution in [0.2, 0.25) is 0 Å². The van der Waals surface area contributed by atoms with Gasteiger partial charge in [0.05, 0.1) is 12.1 Å². The zero-order valence-electron chi connectivity index (χ0n) is 16.6. The van der Waals surface area contributed by atoms with Gasteiger partial charge in [-0.05, 0) is 35.6 Å². The summed E-state index contributed by atoms with van der Waals surface area (Å²) in [7, 11) is 3.69. The van der Waals surface area contributed by atoms with Crippen LogP contribution in [0.1, 0.15) is 37.3 Å². The summed E-state index contributed by atoms with van der Waals surface area (Å²) in [4.78, 5) is 28.7. The van der Waals surface area contributed by atoms with Gasteiger partial charge >= 0.3 is 0 Å². The van der Waals surface area contributed by atoms with Crippen molar-refractivity contribution in [3.63, 3.8) is 0 Å². The van der Waals surface area contributed by atoms with E-state index in [1.807, 2.05) is 38.6 Å². The first kappa shape index (κ1) is 19.1. The molecule has 0 radical (unpaired) electrons. The topological polar surface area (TPSA) is 58.4 Å². The SMILES string of the molecule is CC(C)c1ccc(N2C[C@@H](C(=O)N(C)CCc3cnn(C)c3)CC2=O)cc1. The number of aromatic nitrogens is 2. The smallest absolute Gasteiger partial charge is 0.227 e. The molecule has 1 aromatic carbocycles. The Balaban J connectivity index is 1.59. The summed E-state index contributed by atoms with van der Waals surface area (Å²) in [5.41, 5.74) is 3.22. The van der Waals surface area contributed by atoms with Crippen molar-refractivity contribution in [1.82, 2.24) is 14.7 Å². The maximum Gasteiger partial charge on any atom is 0.227 e. The van der Waals surface area contributed by atoms with Crippen LogP contribution in [0.4, 0.5) is 5.69 Å². The number of carbonyl (C=O) groups is 2. The lowest BCUT2D eigenvalue weighted by atomic mass is 10.0. The molecule has 1 aliphatic heterocycles. The van der Waals surface area contributed by atoms with Crippen LogP contribution >= 0.6 is 0 Å². The highest BCUT2D eigenvalue weighted by atomic mass is 16.2. The van der Waals surface area contributed by atoms with Crippen molar-refractivity contribution in [1.29, 1.82) is 0 Å². The van der Waals surface area contributed by atoms with E-state index in [2.05, 4.69) is 31.1 Å².